The molecule has 0 aromatic carbocycles. The number of esters is 1. The molecule has 0 saturated carbocycles. The van der Waals surface area contributed by atoms with Gasteiger partial charge in [-0.3, -0.25) is 9.36 Å². The Balaban J connectivity index is 4.11. The smallest absolute Gasteiger partial charge is 0.306 e. The normalized spacial score (nSPS) is 13.9. The van der Waals surface area contributed by atoms with Crippen molar-refractivity contribution < 1.29 is 37.3 Å². The highest BCUT2D eigenvalue weighted by molar-refractivity contribution is 7.45. The monoisotopic (exact) mass is 868 g/mol. The number of nitrogens with zero attached hydrogens (tertiary/aromatic N) is 1. The van der Waals surface area contributed by atoms with Gasteiger partial charge in [-0.2, -0.15) is 0 Å². The van der Waals surface area contributed by atoms with Gasteiger partial charge in [-0.05, 0) is 44.9 Å². The molecule has 0 N–H and O–H groups in total. The highest BCUT2D eigenvalue weighted by atomic mass is 31.2. The number of phosphoric acid groups is 1. The molecule has 9 heteroatoms. The summed E-state index contributed by atoms with van der Waals surface area (Å²) in [5, 5.41) is 0. The fourth-order valence-corrected chi connectivity index (χ4v) is 7.82. The lowest BCUT2D eigenvalue weighted by Crippen LogP contribution is -2.37. The van der Waals surface area contributed by atoms with Crippen molar-refractivity contribution in [1.29, 1.82) is 0 Å². The van der Waals surface area contributed by atoms with Crippen molar-refractivity contribution in [3.8, 4) is 0 Å². The maximum absolute atomic E-state index is 12.7. The number of allylic oxidation sites excluding steroid dienone is 6. The molecule has 0 spiro atoms. The molecule has 0 aromatic heterocycles. The summed E-state index contributed by atoms with van der Waals surface area (Å²) in [6, 6.07) is 0. The van der Waals surface area contributed by atoms with Gasteiger partial charge in [-0.1, -0.05) is 211 Å². The van der Waals surface area contributed by atoms with Crippen LogP contribution in [0.3, 0.4) is 0 Å². The first-order chi connectivity index (χ1) is 29.1. The zero-order valence-corrected chi connectivity index (χ0v) is 41.1. The van der Waals surface area contributed by atoms with Gasteiger partial charge in [0.1, 0.15) is 19.3 Å². The largest absolute Gasteiger partial charge is 0.756 e. The molecule has 2 unspecified atom stereocenters. The van der Waals surface area contributed by atoms with E-state index in [0.717, 1.165) is 64.2 Å². The lowest BCUT2D eigenvalue weighted by atomic mass is 10.0. The standard InChI is InChI=1S/C51H98NO7P/c1-6-8-10-12-14-16-18-20-22-24-25-26-27-28-29-30-32-34-36-38-40-42-44-51(53)59-50(49-58-60(54,55)57-47-45-52(3,4)5)48-56-46-43-41-39-37-35-33-31-23-21-19-17-15-13-11-9-7-2/h9,11,15,17,21,23,50H,6-8,10,12-14,16,18-20,22,24-49H2,1-5H3/b11-9-,17-15-,23-21-. The fourth-order valence-electron chi connectivity index (χ4n) is 7.09. The molecule has 0 amide bonds. The zero-order chi connectivity index (χ0) is 44.1. The van der Waals surface area contributed by atoms with Gasteiger partial charge in [-0.25, -0.2) is 0 Å². The Morgan fingerprint density at radius 3 is 1.45 bits per heavy atom. The van der Waals surface area contributed by atoms with E-state index in [1.54, 1.807) is 0 Å². The lowest BCUT2D eigenvalue weighted by molar-refractivity contribution is -0.870. The van der Waals surface area contributed by atoms with Crippen molar-refractivity contribution in [2.45, 2.75) is 232 Å². The summed E-state index contributed by atoms with van der Waals surface area (Å²) in [7, 11) is 1.35. The Bertz CT molecular complexity index is 1060. The minimum absolute atomic E-state index is 0.0243. The van der Waals surface area contributed by atoms with Crippen LogP contribution in [0.2, 0.25) is 0 Å². The second-order valence-electron chi connectivity index (χ2n) is 18.2. The Kier molecular flexibility index (Phi) is 43.4. The summed E-state index contributed by atoms with van der Waals surface area (Å²) in [5.41, 5.74) is 0. The molecule has 0 rings (SSSR count). The maximum atomic E-state index is 12.7. The van der Waals surface area contributed by atoms with Gasteiger partial charge in [0.15, 0.2) is 0 Å². The lowest BCUT2D eigenvalue weighted by Gasteiger charge is -2.28. The highest BCUT2D eigenvalue weighted by Gasteiger charge is 2.20. The van der Waals surface area contributed by atoms with Crippen LogP contribution < -0.4 is 4.89 Å². The summed E-state index contributed by atoms with van der Waals surface area (Å²) in [6.07, 6.45) is 53.1. The number of hydrogen-bond acceptors (Lipinski definition) is 7. The van der Waals surface area contributed by atoms with Gasteiger partial charge >= 0.3 is 5.97 Å². The first-order valence-corrected chi connectivity index (χ1v) is 26.7. The van der Waals surface area contributed by atoms with Gasteiger partial charge < -0.3 is 27.9 Å². The first kappa shape index (κ1) is 58.7. The molecule has 0 heterocycles. The third-order valence-electron chi connectivity index (χ3n) is 11.0. The van der Waals surface area contributed by atoms with Crippen LogP contribution in [0.5, 0.6) is 0 Å². The van der Waals surface area contributed by atoms with Crippen LogP contribution in [0, 0.1) is 0 Å². The predicted octanol–water partition coefficient (Wildman–Crippen LogP) is 14.7. The van der Waals surface area contributed by atoms with Crippen molar-refractivity contribution in [2.24, 2.45) is 0 Å². The SMILES string of the molecule is CC/C=C\C/C=C\C/C=C\CCCCCCCCOCC(COP(=O)([O-])OCC[N+](C)(C)C)OC(=O)CCCCCCCCCCCCCCCCCCCCCCCC. The molecule has 0 aliphatic carbocycles. The van der Waals surface area contributed by atoms with Gasteiger partial charge in [0.2, 0.25) is 0 Å². The molecule has 354 valence electrons. The number of likely N-dealkylation sites (N-methyl/N-ethyl adjacent to an activating group) is 1. The number of carbonyl (C=O) groups excluding carboxylic acids is 1. The average Bonchev–Trinajstić information content (AvgIpc) is 3.20. The van der Waals surface area contributed by atoms with Crippen LogP contribution in [0.15, 0.2) is 36.5 Å². The number of quaternary nitrogens is 1. The molecule has 0 saturated heterocycles. The minimum Gasteiger partial charge on any atom is -0.756 e. The van der Waals surface area contributed by atoms with E-state index in [9.17, 15) is 14.3 Å². The zero-order valence-electron chi connectivity index (χ0n) is 40.2. The van der Waals surface area contributed by atoms with Crippen LogP contribution in [-0.2, 0) is 27.9 Å². The van der Waals surface area contributed by atoms with E-state index in [1.807, 2.05) is 21.1 Å². The molecule has 0 bridgehead atoms. The summed E-state index contributed by atoms with van der Waals surface area (Å²) in [5.74, 6) is -0.335. The number of hydrogen-bond donors (Lipinski definition) is 0. The van der Waals surface area contributed by atoms with Crippen molar-refractivity contribution >= 4 is 13.8 Å². The molecule has 0 aliphatic rings. The van der Waals surface area contributed by atoms with Gasteiger partial charge in [0, 0.05) is 13.0 Å². The molecule has 60 heavy (non-hydrogen) atoms. The third kappa shape index (κ3) is 47.8. The summed E-state index contributed by atoms with van der Waals surface area (Å²) < 4.78 is 34.7. The molecule has 0 radical (unpaired) electrons. The molecule has 2 atom stereocenters. The van der Waals surface area contributed by atoms with Crippen LogP contribution in [0.25, 0.3) is 0 Å². The molecular formula is C51H98NO7P. The van der Waals surface area contributed by atoms with Gasteiger partial charge in [0.05, 0.1) is 34.4 Å². The van der Waals surface area contributed by atoms with E-state index in [0.29, 0.717) is 24.1 Å². The Morgan fingerprint density at radius 2 is 0.967 bits per heavy atom. The highest BCUT2D eigenvalue weighted by Crippen LogP contribution is 2.38. The summed E-state index contributed by atoms with van der Waals surface area (Å²) in [4.78, 5) is 25.2. The van der Waals surface area contributed by atoms with Crippen molar-refractivity contribution in [3.05, 3.63) is 36.5 Å². The number of ether oxygens (including phenoxy) is 2. The van der Waals surface area contributed by atoms with E-state index < -0.39 is 13.9 Å². The second kappa shape index (κ2) is 44.3. The fraction of sp³-hybridized carbons (Fsp3) is 0.863. The summed E-state index contributed by atoms with van der Waals surface area (Å²) in [6.45, 7) is 5.31. The molecular weight excluding hydrogens is 770 g/mol. The molecule has 0 aromatic rings. The van der Waals surface area contributed by atoms with Crippen molar-refractivity contribution in [3.63, 3.8) is 0 Å². The molecule has 8 nitrogen and oxygen atoms in total. The van der Waals surface area contributed by atoms with E-state index >= 15 is 0 Å². The van der Waals surface area contributed by atoms with Crippen molar-refractivity contribution in [1.82, 2.24) is 0 Å². The van der Waals surface area contributed by atoms with Crippen LogP contribution >= 0.6 is 7.82 Å². The Hall–Kier alpha value is -1.28. The number of phosphoric ester groups is 1. The third-order valence-corrected chi connectivity index (χ3v) is 11.9. The van der Waals surface area contributed by atoms with Crippen LogP contribution in [0.4, 0.5) is 0 Å². The summed E-state index contributed by atoms with van der Waals surface area (Å²) >= 11 is 0. The van der Waals surface area contributed by atoms with Crippen molar-refractivity contribution in [2.75, 3.05) is 54.1 Å². The number of unbranched alkanes of at least 4 members (excludes halogenated alkanes) is 27. The van der Waals surface area contributed by atoms with E-state index in [-0.39, 0.29) is 25.8 Å². The van der Waals surface area contributed by atoms with E-state index in [2.05, 4.69) is 50.3 Å². The quantitative estimate of drug-likeness (QED) is 0.0198. The van der Waals surface area contributed by atoms with Gasteiger partial charge in [0.25, 0.3) is 7.82 Å². The Labute approximate surface area is 372 Å². The van der Waals surface area contributed by atoms with Crippen LogP contribution in [0.1, 0.15) is 226 Å². The van der Waals surface area contributed by atoms with Crippen LogP contribution in [-0.4, -0.2) is 70.7 Å². The maximum Gasteiger partial charge on any atom is 0.306 e. The number of carbonyl (C=O) groups is 1. The topological polar surface area (TPSA) is 94.1 Å². The van der Waals surface area contributed by atoms with E-state index in [4.69, 9.17) is 18.5 Å². The minimum atomic E-state index is -4.53. The van der Waals surface area contributed by atoms with E-state index in [1.165, 1.54) is 141 Å². The van der Waals surface area contributed by atoms with Gasteiger partial charge in [-0.15, -0.1) is 0 Å². The second-order valence-corrected chi connectivity index (χ2v) is 19.6. The average molecular weight is 868 g/mol. The predicted molar refractivity (Wildman–Crippen MR) is 254 cm³/mol. The molecule has 0 aliphatic heterocycles. The Morgan fingerprint density at radius 1 is 0.533 bits per heavy atom. The number of rotatable bonds is 47. The first-order valence-electron chi connectivity index (χ1n) is 25.2. The molecule has 0 fully saturated rings.